The second kappa shape index (κ2) is 12.4. The number of hydrogen-bond donors (Lipinski definition) is 3. The number of phenols is 2. The number of hydrazone groups is 1. The van der Waals surface area contributed by atoms with Crippen molar-refractivity contribution < 1.29 is 15.0 Å². The van der Waals surface area contributed by atoms with Gasteiger partial charge in [0.25, 0.3) is 0 Å². The van der Waals surface area contributed by atoms with Crippen molar-refractivity contribution in [1.82, 2.24) is 5.43 Å². The van der Waals surface area contributed by atoms with Crippen LogP contribution in [-0.2, 0) is 4.79 Å². The predicted octanol–water partition coefficient (Wildman–Crippen LogP) is 4.47. The first kappa shape index (κ1) is 20.0. The predicted molar refractivity (Wildman–Crippen MR) is 97.4 cm³/mol. The molecule has 1 amide bonds. The summed E-state index contributed by atoms with van der Waals surface area (Å²) in [4.78, 5) is 11.7. The Morgan fingerprint density at radius 2 is 1.67 bits per heavy atom. The van der Waals surface area contributed by atoms with Crippen molar-refractivity contribution in [2.24, 2.45) is 5.10 Å². The average molecular weight is 334 g/mol. The Kier molecular flexibility index (Phi) is 10.3. The molecule has 0 aliphatic rings. The largest absolute Gasteiger partial charge is 0.508 e. The maximum atomic E-state index is 11.7. The summed E-state index contributed by atoms with van der Waals surface area (Å²) in [6.45, 7) is 2.22. The molecule has 0 aliphatic carbocycles. The van der Waals surface area contributed by atoms with Gasteiger partial charge in [0.2, 0.25) is 5.91 Å². The minimum absolute atomic E-state index is 0.0148. The van der Waals surface area contributed by atoms with Crippen LogP contribution in [0.15, 0.2) is 23.3 Å². The minimum atomic E-state index is -0.118. The molecule has 1 rings (SSSR count). The number of phenolic OH excluding ortho intramolecular Hbond substituents is 2. The van der Waals surface area contributed by atoms with E-state index in [9.17, 15) is 15.0 Å². The van der Waals surface area contributed by atoms with Gasteiger partial charge in [-0.05, 0) is 18.6 Å². The van der Waals surface area contributed by atoms with E-state index in [0.29, 0.717) is 12.0 Å². The van der Waals surface area contributed by atoms with Gasteiger partial charge < -0.3 is 10.2 Å². The summed E-state index contributed by atoms with van der Waals surface area (Å²) in [5.41, 5.74) is 2.90. The number of nitrogens with zero attached hydrogens (tertiary/aromatic N) is 1. The van der Waals surface area contributed by atoms with Gasteiger partial charge in [0.15, 0.2) is 0 Å². The summed E-state index contributed by atoms with van der Waals surface area (Å²) in [7, 11) is 0. The van der Waals surface area contributed by atoms with Gasteiger partial charge in [0, 0.05) is 18.1 Å². The summed E-state index contributed by atoms with van der Waals surface area (Å²) in [5, 5.41) is 22.6. The van der Waals surface area contributed by atoms with Gasteiger partial charge in [-0.2, -0.15) is 5.10 Å². The van der Waals surface area contributed by atoms with E-state index >= 15 is 0 Å². The van der Waals surface area contributed by atoms with Crippen molar-refractivity contribution in [2.45, 2.75) is 71.1 Å². The van der Waals surface area contributed by atoms with Crippen LogP contribution in [0.4, 0.5) is 0 Å². The summed E-state index contributed by atoms with van der Waals surface area (Å²) < 4.78 is 0. The van der Waals surface area contributed by atoms with E-state index in [0.717, 1.165) is 12.8 Å². The highest BCUT2D eigenvalue weighted by Crippen LogP contribution is 2.20. The highest BCUT2D eigenvalue weighted by molar-refractivity contribution is 5.85. The number of nitrogens with one attached hydrogen (secondary N) is 1. The number of benzene rings is 1. The number of aromatic hydroxyl groups is 2. The highest BCUT2D eigenvalue weighted by atomic mass is 16.3. The van der Waals surface area contributed by atoms with E-state index in [4.69, 9.17) is 0 Å². The van der Waals surface area contributed by atoms with Gasteiger partial charge in [-0.25, -0.2) is 5.43 Å². The molecular formula is C19H30N2O3. The lowest BCUT2D eigenvalue weighted by molar-refractivity contribution is -0.121. The van der Waals surface area contributed by atoms with Crippen LogP contribution >= 0.6 is 0 Å². The van der Waals surface area contributed by atoms with Crippen molar-refractivity contribution >= 4 is 12.1 Å². The van der Waals surface area contributed by atoms with Crippen LogP contribution in [-0.4, -0.2) is 22.3 Å². The molecule has 0 atom stereocenters. The molecule has 5 heteroatoms. The molecule has 3 N–H and O–H groups in total. The number of hydrogen-bond acceptors (Lipinski definition) is 4. The fourth-order valence-electron chi connectivity index (χ4n) is 2.47. The zero-order chi connectivity index (χ0) is 17.6. The third kappa shape index (κ3) is 9.18. The van der Waals surface area contributed by atoms with Gasteiger partial charge in [-0.15, -0.1) is 0 Å². The van der Waals surface area contributed by atoms with E-state index in [-0.39, 0.29) is 17.4 Å². The third-order valence-corrected chi connectivity index (χ3v) is 3.91. The van der Waals surface area contributed by atoms with E-state index in [1.165, 1.54) is 69.4 Å². The summed E-state index contributed by atoms with van der Waals surface area (Å²) in [5.74, 6) is -0.210. The molecule has 0 bridgehead atoms. The van der Waals surface area contributed by atoms with Crippen LogP contribution in [0.25, 0.3) is 0 Å². The first-order valence-corrected chi connectivity index (χ1v) is 8.97. The Morgan fingerprint density at radius 1 is 1.04 bits per heavy atom. The standard InChI is InChI=1S/C19H30N2O3/c1-2-3-4-5-6-7-8-9-10-11-19(24)21-20-15-16-12-13-17(22)14-18(16)23/h12-15,22-23H,2-11H2,1H3,(H,21,24)/b20-15+. The lowest BCUT2D eigenvalue weighted by Crippen LogP contribution is -2.16. The first-order chi connectivity index (χ1) is 11.6. The van der Waals surface area contributed by atoms with Crippen LogP contribution < -0.4 is 5.43 Å². The van der Waals surface area contributed by atoms with E-state index in [1.807, 2.05) is 0 Å². The molecule has 0 aliphatic heterocycles. The molecule has 1 aromatic rings. The van der Waals surface area contributed by atoms with E-state index < -0.39 is 0 Å². The lowest BCUT2D eigenvalue weighted by Gasteiger charge is -2.02. The van der Waals surface area contributed by atoms with Crippen LogP contribution in [0.1, 0.15) is 76.7 Å². The van der Waals surface area contributed by atoms with Crippen molar-refractivity contribution in [3.63, 3.8) is 0 Å². The Balaban J connectivity index is 2.07. The zero-order valence-corrected chi connectivity index (χ0v) is 14.6. The normalized spacial score (nSPS) is 11.0. The maximum Gasteiger partial charge on any atom is 0.240 e. The fourth-order valence-corrected chi connectivity index (χ4v) is 2.47. The lowest BCUT2D eigenvalue weighted by atomic mass is 10.1. The zero-order valence-electron chi connectivity index (χ0n) is 14.6. The van der Waals surface area contributed by atoms with Gasteiger partial charge in [0.1, 0.15) is 11.5 Å². The van der Waals surface area contributed by atoms with Crippen LogP contribution in [0, 0.1) is 0 Å². The highest BCUT2D eigenvalue weighted by Gasteiger charge is 2.01. The van der Waals surface area contributed by atoms with Crippen LogP contribution in [0.5, 0.6) is 11.5 Å². The van der Waals surface area contributed by atoms with E-state index in [1.54, 1.807) is 0 Å². The summed E-state index contributed by atoms with van der Waals surface area (Å²) >= 11 is 0. The smallest absolute Gasteiger partial charge is 0.240 e. The molecule has 0 saturated heterocycles. The maximum absolute atomic E-state index is 11.7. The Bertz CT molecular complexity index is 515. The minimum Gasteiger partial charge on any atom is -0.508 e. The number of carbonyl (C=O) groups is 1. The van der Waals surface area contributed by atoms with Crippen molar-refractivity contribution in [3.8, 4) is 11.5 Å². The van der Waals surface area contributed by atoms with Gasteiger partial charge >= 0.3 is 0 Å². The monoisotopic (exact) mass is 334 g/mol. The molecule has 5 nitrogen and oxygen atoms in total. The quantitative estimate of drug-likeness (QED) is 0.300. The molecule has 0 radical (unpaired) electrons. The number of amides is 1. The third-order valence-electron chi connectivity index (χ3n) is 3.91. The second-order valence-electron chi connectivity index (χ2n) is 6.11. The van der Waals surface area contributed by atoms with Gasteiger partial charge in [-0.1, -0.05) is 58.3 Å². The molecular weight excluding hydrogens is 304 g/mol. The van der Waals surface area contributed by atoms with Crippen molar-refractivity contribution in [2.75, 3.05) is 0 Å². The van der Waals surface area contributed by atoms with Gasteiger partial charge in [0.05, 0.1) is 6.21 Å². The molecule has 0 heterocycles. The van der Waals surface area contributed by atoms with Crippen LogP contribution in [0.3, 0.4) is 0 Å². The molecule has 0 fully saturated rings. The Labute approximate surface area is 144 Å². The molecule has 0 saturated carbocycles. The SMILES string of the molecule is CCCCCCCCCCCC(=O)N/N=C/c1ccc(O)cc1O. The fraction of sp³-hybridized carbons (Fsp3) is 0.579. The van der Waals surface area contributed by atoms with Crippen molar-refractivity contribution in [1.29, 1.82) is 0 Å². The molecule has 24 heavy (non-hydrogen) atoms. The number of rotatable bonds is 12. The van der Waals surface area contributed by atoms with Crippen molar-refractivity contribution in [3.05, 3.63) is 23.8 Å². The summed E-state index contributed by atoms with van der Waals surface area (Å²) in [6, 6.07) is 4.21. The second-order valence-corrected chi connectivity index (χ2v) is 6.11. The van der Waals surface area contributed by atoms with Gasteiger partial charge in [-0.3, -0.25) is 4.79 Å². The summed E-state index contributed by atoms with van der Waals surface area (Å²) in [6.07, 6.45) is 12.8. The molecule has 134 valence electrons. The Hall–Kier alpha value is -2.04. The molecule has 0 unspecified atom stereocenters. The average Bonchev–Trinajstić information content (AvgIpc) is 2.55. The Morgan fingerprint density at radius 3 is 2.29 bits per heavy atom. The molecule has 1 aromatic carbocycles. The molecule has 0 spiro atoms. The number of unbranched alkanes of at least 4 members (excludes halogenated alkanes) is 8. The first-order valence-electron chi connectivity index (χ1n) is 8.97. The van der Waals surface area contributed by atoms with Crippen LogP contribution in [0.2, 0.25) is 0 Å². The molecule has 0 aromatic heterocycles. The van der Waals surface area contributed by atoms with E-state index in [2.05, 4.69) is 17.5 Å². The topological polar surface area (TPSA) is 81.9 Å². The number of carbonyl (C=O) groups excluding carboxylic acids is 1.